The van der Waals surface area contributed by atoms with E-state index in [1.165, 1.54) is 0 Å². The van der Waals surface area contributed by atoms with Gasteiger partial charge in [0.05, 0.1) is 0 Å². The van der Waals surface area contributed by atoms with Crippen molar-refractivity contribution in [2.24, 2.45) is 0 Å². The van der Waals surface area contributed by atoms with E-state index in [0.717, 1.165) is 5.56 Å². The van der Waals surface area contributed by atoms with Crippen LogP contribution in [-0.2, 0) is 9.59 Å². The van der Waals surface area contributed by atoms with Crippen LogP contribution in [0.5, 0.6) is 5.75 Å². The quantitative estimate of drug-likeness (QED) is 0.722. The highest BCUT2D eigenvalue weighted by molar-refractivity contribution is 5.78. The molecule has 0 fully saturated rings. The zero-order valence-corrected chi connectivity index (χ0v) is 11.4. The number of ether oxygens (including phenoxy) is 1. The number of aryl methyl sites for hydroxylation is 1. The summed E-state index contributed by atoms with van der Waals surface area (Å²) >= 11 is 0. The molecule has 0 unspecified atom stereocenters. The van der Waals surface area contributed by atoms with Crippen LogP contribution in [0.25, 0.3) is 0 Å². The van der Waals surface area contributed by atoms with Gasteiger partial charge in [0.2, 0.25) is 5.91 Å². The summed E-state index contributed by atoms with van der Waals surface area (Å²) in [6.07, 6.45) is 0.449. The summed E-state index contributed by atoms with van der Waals surface area (Å²) in [5.74, 6) is 0.441. The fraction of sp³-hybridized carbons (Fsp3) is 0.429. The van der Waals surface area contributed by atoms with E-state index < -0.39 is 0 Å². The van der Waals surface area contributed by atoms with E-state index in [9.17, 15) is 9.59 Å². The second-order valence-corrected chi connectivity index (χ2v) is 4.16. The number of carbonyl (C=O) groups is 2. The predicted molar refractivity (Wildman–Crippen MR) is 73.0 cm³/mol. The molecule has 5 nitrogen and oxygen atoms in total. The number of carbonyl (C=O) groups excluding carboxylic acids is 2. The molecule has 2 amide bonds. The van der Waals surface area contributed by atoms with Gasteiger partial charge in [0, 0.05) is 19.5 Å². The van der Waals surface area contributed by atoms with Crippen molar-refractivity contribution in [3.8, 4) is 5.75 Å². The van der Waals surface area contributed by atoms with Crippen LogP contribution in [0.2, 0.25) is 0 Å². The first kappa shape index (κ1) is 15.0. The van der Waals surface area contributed by atoms with Crippen molar-refractivity contribution in [1.82, 2.24) is 10.6 Å². The summed E-state index contributed by atoms with van der Waals surface area (Å²) in [5.41, 5.74) is 1.14. The third-order valence-corrected chi connectivity index (χ3v) is 2.48. The molecule has 0 aliphatic heterocycles. The monoisotopic (exact) mass is 264 g/mol. The molecule has 0 atom stereocenters. The lowest BCUT2D eigenvalue weighted by Crippen LogP contribution is -2.36. The van der Waals surface area contributed by atoms with E-state index in [0.29, 0.717) is 25.3 Å². The number of benzene rings is 1. The van der Waals surface area contributed by atoms with Gasteiger partial charge in [-0.1, -0.05) is 24.6 Å². The Morgan fingerprint density at radius 1 is 1.05 bits per heavy atom. The fourth-order valence-corrected chi connectivity index (χ4v) is 1.36. The summed E-state index contributed by atoms with van der Waals surface area (Å²) in [6.45, 7) is 4.58. The molecule has 19 heavy (non-hydrogen) atoms. The van der Waals surface area contributed by atoms with E-state index >= 15 is 0 Å². The van der Waals surface area contributed by atoms with Crippen molar-refractivity contribution < 1.29 is 14.3 Å². The van der Waals surface area contributed by atoms with Crippen molar-refractivity contribution in [2.75, 3.05) is 19.7 Å². The highest BCUT2D eigenvalue weighted by Crippen LogP contribution is 2.10. The van der Waals surface area contributed by atoms with Gasteiger partial charge < -0.3 is 15.4 Å². The third-order valence-electron chi connectivity index (χ3n) is 2.48. The molecule has 5 heteroatoms. The van der Waals surface area contributed by atoms with E-state index in [1.54, 1.807) is 6.92 Å². The molecule has 0 aromatic heterocycles. The summed E-state index contributed by atoms with van der Waals surface area (Å²) in [4.78, 5) is 22.4. The first-order chi connectivity index (χ1) is 9.11. The molecular formula is C14H20N2O3. The first-order valence-electron chi connectivity index (χ1n) is 6.34. The Kier molecular flexibility index (Phi) is 6.43. The standard InChI is InChI=1S/C14H20N2O3/c1-3-13(17)15-8-9-16-14(18)10-19-12-6-4-11(2)5-7-12/h4-7H,3,8-10H2,1-2H3,(H,15,17)(H,16,18). The van der Waals surface area contributed by atoms with Gasteiger partial charge in [-0.2, -0.15) is 0 Å². The lowest BCUT2D eigenvalue weighted by molar-refractivity contribution is -0.124. The number of hydrogen-bond donors (Lipinski definition) is 2. The third kappa shape index (κ3) is 6.45. The zero-order valence-electron chi connectivity index (χ0n) is 11.4. The summed E-state index contributed by atoms with van der Waals surface area (Å²) in [7, 11) is 0. The van der Waals surface area contributed by atoms with Gasteiger partial charge in [0.25, 0.3) is 5.91 Å². The van der Waals surface area contributed by atoms with Gasteiger partial charge in [-0.05, 0) is 19.1 Å². The van der Waals surface area contributed by atoms with Crippen LogP contribution in [-0.4, -0.2) is 31.5 Å². The predicted octanol–water partition coefficient (Wildman–Crippen LogP) is 1.02. The number of rotatable bonds is 7. The van der Waals surface area contributed by atoms with Gasteiger partial charge in [-0.15, -0.1) is 0 Å². The van der Waals surface area contributed by atoms with Crippen molar-refractivity contribution >= 4 is 11.8 Å². The van der Waals surface area contributed by atoms with Gasteiger partial charge >= 0.3 is 0 Å². The molecule has 0 saturated heterocycles. The minimum absolute atomic E-state index is 0.0230. The van der Waals surface area contributed by atoms with E-state index in [-0.39, 0.29) is 18.4 Å². The van der Waals surface area contributed by atoms with Gasteiger partial charge in [0.15, 0.2) is 6.61 Å². The molecule has 0 aliphatic carbocycles. The molecule has 0 saturated carbocycles. The molecule has 0 aliphatic rings. The molecular weight excluding hydrogens is 244 g/mol. The van der Waals surface area contributed by atoms with Crippen molar-refractivity contribution in [2.45, 2.75) is 20.3 Å². The van der Waals surface area contributed by atoms with E-state index in [2.05, 4.69) is 10.6 Å². The van der Waals surface area contributed by atoms with Gasteiger partial charge in [-0.25, -0.2) is 0 Å². The highest BCUT2D eigenvalue weighted by atomic mass is 16.5. The number of nitrogens with one attached hydrogen (secondary N) is 2. The Morgan fingerprint density at radius 2 is 1.63 bits per heavy atom. The summed E-state index contributed by atoms with van der Waals surface area (Å²) in [5, 5.41) is 5.34. The summed E-state index contributed by atoms with van der Waals surface area (Å²) in [6, 6.07) is 7.50. The van der Waals surface area contributed by atoms with Crippen LogP contribution < -0.4 is 15.4 Å². The average Bonchev–Trinajstić information content (AvgIpc) is 2.42. The Morgan fingerprint density at radius 3 is 2.21 bits per heavy atom. The molecule has 1 rings (SSSR count). The molecule has 0 radical (unpaired) electrons. The molecule has 1 aromatic rings. The number of amides is 2. The maximum absolute atomic E-state index is 11.4. The van der Waals surface area contributed by atoms with Crippen LogP contribution in [0.1, 0.15) is 18.9 Å². The normalized spacial score (nSPS) is 9.79. The lowest BCUT2D eigenvalue weighted by atomic mass is 10.2. The van der Waals surface area contributed by atoms with E-state index in [4.69, 9.17) is 4.74 Å². The minimum atomic E-state index is -0.202. The lowest BCUT2D eigenvalue weighted by Gasteiger charge is -2.08. The molecule has 1 aromatic carbocycles. The maximum Gasteiger partial charge on any atom is 0.258 e. The Hall–Kier alpha value is -2.04. The molecule has 2 N–H and O–H groups in total. The van der Waals surface area contributed by atoms with Crippen molar-refractivity contribution in [1.29, 1.82) is 0 Å². The Labute approximate surface area is 113 Å². The molecule has 104 valence electrons. The van der Waals surface area contributed by atoms with Crippen LogP contribution >= 0.6 is 0 Å². The second-order valence-electron chi connectivity index (χ2n) is 4.16. The zero-order chi connectivity index (χ0) is 14.1. The number of hydrogen-bond acceptors (Lipinski definition) is 3. The second kappa shape index (κ2) is 8.13. The van der Waals surface area contributed by atoms with Gasteiger partial charge in [0.1, 0.15) is 5.75 Å². The fourth-order valence-electron chi connectivity index (χ4n) is 1.36. The van der Waals surface area contributed by atoms with Crippen LogP contribution in [0.4, 0.5) is 0 Å². The highest BCUT2D eigenvalue weighted by Gasteiger charge is 2.02. The largest absolute Gasteiger partial charge is 0.484 e. The molecule has 0 heterocycles. The maximum atomic E-state index is 11.4. The van der Waals surface area contributed by atoms with Crippen molar-refractivity contribution in [3.05, 3.63) is 29.8 Å². The SMILES string of the molecule is CCC(=O)NCCNC(=O)COc1ccc(C)cc1. The van der Waals surface area contributed by atoms with Crippen LogP contribution in [0, 0.1) is 6.92 Å². The minimum Gasteiger partial charge on any atom is -0.484 e. The first-order valence-corrected chi connectivity index (χ1v) is 6.34. The smallest absolute Gasteiger partial charge is 0.258 e. The van der Waals surface area contributed by atoms with Crippen molar-refractivity contribution in [3.63, 3.8) is 0 Å². The Bertz CT molecular complexity index is 415. The van der Waals surface area contributed by atoms with Gasteiger partial charge in [-0.3, -0.25) is 9.59 Å². The van der Waals surface area contributed by atoms with E-state index in [1.807, 2.05) is 31.2 Å². The summed E-state index contributed by atoms with van der Waals surface area (Å²) < 4.78 is 5.32. The van der Waals surface area contributed by atoms with Crippen LogP contribution in [0.3, 0.4) is 0 Å². The van der Waals surface area contributed by atoms with Crippen LogP contribution in [0.15, 0.2) is 24.3 Å². The molecule has 0 bridgehead atoms. The Balaban J connectivity index is 2.14. The molecule has 0 spiro atoms. The topological polar surface area (TPSA) is 67.4 Å². The average molecular weight is 264 g/mol.